The first-order chi connectivity index (χ1) is 8.29. The molecule has 4 heteroatoms. The maximum Gasteiger partial charge on any atom is 0.196 e. The van der Waals surface area contributed by atoms with Crippen LogP contribution in [0.1, 0.15) is 13.3 Å². The lowest BCUT2D eigenvalue weighted by molar-refractivity contribution is -0.00735. The Balaban J connectivity index is 2.04. The van der Waals surface area contributed by atoms with Crippen LogP contribution in [0.3, 0.4) is 0 Å². The molecule has 0 saturated carbocycles. The maximum absolute atomic E-state index is 6.02. The molecule has 1 saturated heterocycles. The summed E-state index contributed by atoms with van der Waals surface area (Å²) in [7, 11) is 0. The summed E-state index contributed by atoms with van der Waals surface area (Å²) in [6.45, 7) is 4.50. The Kier molecular flexibility index (Phi) is 3.98. The van der Waals surface area contributed by atoms with Gasteiger partial charge in [0.1, 0.15) is 0 Å². The number of benzene rings is 1. The fourth-order valence-corrected chi connectivity index (χ4v) is 1.88. The maximum atomic E-state index is 6.02. The zero-order valence-corrected chi connectivity index (χ0v) is 10.2. The first-order valence-electron chi connectivity index (χ1n) is 6.05. The smallest absolute Gasteiger partial charge is 0.196 e. The van der Waals surface area contributed by atoms with Crippen LogP contribution in [0.2, 0.25) is 0 Å². The third-order valence-electron chi connectivity index (χ3n) is 2.92. The lowest BCUT2D eigenvalue weighted by atomic mass is 10.2. The second kappa shape index (κ2) is 5.68. The molecule has 1 unspecified atom stereocenters. The van der Waals surface area contributed by atoms with Gasteiger partial charge in [0, 0.05) is 13.1 Å². The summed E-state index contributed by atoms with van der Waals surface area (Å²) in [4.78, 5) is 6.50. The summed E-state index contributed by atoms with van der Waals surface area (Å²) in [5.41, 5.74) is 6.91. The molecule has 1 heterocycles. The van der Waals surface area contributed by atoms with Crippen LogP contribution in [0.15, 0.2) is 35.3 Å². The average molecular weight is 233 g/mol. The van der Waals surface area contributed by atoms with Crippen LogP contribution in [-0.4, -0.2) is 36.7 Å². The number of aliphatic imine (C=N–C) groups is 1. The molecule has 2 rings (SSSR count). The molecule has 2 N–H and O–H groups in total. The Hall–Kier alpha value is -1.55. The molecule has 1 aliphatic rings. The largest absolute Gasteiger partial charge is 0.375 e. The van der Waals surface area contributed by atoms with Crippen LogP contribution in [0.25, 0.3) is 0 Å². The summed E-state index contributed by atoms with van der Waals surface area (Å²) in [5, 5.41) is 0. The van der Waals surface area contributed by atoms with Gasteiger partial charge in [-0.3, -0.25) is 0 Å². The van der Waals surface area contributed by atoms with Crippen LogP contribution in [0.4, 0.5) is 5.69 Å². The van der Waals surface area contributed by atoms with E-state index in [4.69, 9.17) is 10.5 Å². The number of hydrogen-bond donors (Lipinski definition) is 1. The van der Waals surface area contributed by atoms with Crippen molar-refractivity contribution in [2.75, 3.05) is 19.7 Å². The van der Waals surface area contributed by atoms with E-state index in [1.807, 2.05) is 30.3 Å². The molecule has 1 aliphatic heterocycles. The van der Waals surface area contributed by atoms with Crippen LogP contribution in [-0.2, 0) is 4.74 Å². The molecule has 1 aromatic rings. The third kappa shape index (κ3) is 3.20. The first-order valence-corrected chi connectivity index (χ1v) is 6.05. The van der Waals surface area contributed by atoms with Crippen molar-refractivity contribution >= 4 is 11.6 Å². The minimum atomic E-state index is 0.272. The summed E-state index contributed by atoms with van der Waals surface area (Å²) in [6.07, 6.45) is 1.28. The number of nitrogens with two attached hydrogens (primary N) is 1. The molecule has 0 aliphatic carbocycles. The molecule has 0 bridgehead atoms. The number of para-hydroxylation sites is 1. The molecule has 1 fully saturated rings. The van der Waals surface area contributed by atoms with Crippen molar-refractivity contribution < 1.29 is 4.74 Å². The van der Waals surface area contributed by atoms with E-state index in [0.29, 0.717) is 5.96 Å². The molecule has 0 amide bonds. The fraction of sp³-hybridized carbons (Fsp3) is 0.462. The summed E-state index contributed by atoms with van der Waals surface area (Å²) < 4.78 is 5.61. The zero-order valence-electron chi connectivity index (χ0n) is 10.2. The first kappa shape index (κ1) is 11.9. The van der Waals surface area contributed by atoms with E-state index in [-0.39, 0.29) is 6.10 Å². The molecule has 1 atom stereocenters. The Labute approximate surface area is 102 Å². The Morgan fingerprint density at radius 1 is 1.47 bits per heavy atom. The fourth-order valence-electron chi connectivity index (χ4n) is 1.88. The predicted molar refractivity (Wildman–Crippen MR) is 69.3 cm³/mol. The van der Waals surface area contributed by atoms with Crippen LogP contribution >= 0.6 is 0 Å². The minimum absolute atomic E-state index is 0.272. The average Bonchev–Trinajstić information content (AvgIpc) is 2.40. The standard InChI is InChI=1S/C13H19N3O/c1-2-12-10-16(8-9-17-12)13(14)15-11-6-4-3-5-7-11/h3-7,12H,2,8-10H2,1H3,(H2,14,15). The Morgan fingerprint density at radius 3 is 2.94 bits per heavy atom. The van der Waals surface area contributed by atoms with Crippen molar-refractivity contribution in [1.82, 2.24) is 4.90 Å². The number of guanidine groups is 1. The van der Waals surface area contributed by atoms with Gasteiger partial charge in [0.05, 0.1) is 18.4 Å². The molecular weight excluding hydrogens is 214 g/mol. The summed E-state index contributed by atoms with van der Waals surface area (Å²) in [6, 6.07) is 9.78. The quantitative estimate of drug-likeness (QED) is 0.625. The van der Waals surface area contributed by atoms with Crippen molar-refractivity contribution in [2.45, 2.75) is 19.4 Å². The number of hydrogen-bond acceptors (Lipinski definition) is 2. The van der Waals surface area contributed by atoms with E-state index in [9.17, 15) is 0 Å². The van der Waals surface area contributed by atoms with Gasteiger partial charge >= 0.3 is 0 Å². The molecule has 17 heavy (non-hydrogen) atoms. The van der Waals surface area contributed by atoms with Gasteiger partial charge in [-0.05, 0) is 18.6 Å². The van der Waals surface area contributed by atoms with E-state index in [2.05, 4.69) is 16.8 Å². The molecule has 1 aromatic carbocycles. The number of rotatable bonds is 2. The van der Waals surface area contributed by atoms with Gasteiger partial charge in [0.25, 0.3) is 0 Å². The second-order valence-corrected chi connectivity index (χ2v) is 4.15. The van der Waals surface area contributed by atoms with E-state index in [0.717, 1.165) is 31.8 Å². The van der Waals surface area contributed by atoms with Crippen molar-refractivity contribution in [2.24, 2.45) is 10.7 Å². The molecule has 92 valence electrons. The summed E-state index contributed by atoms with van der Waals surface area (Å²) >= 11 is 0. The van der Waals surface area contributed by atoms with Gasteiger partial charge in [0.2, 0.25) is 0 Å². The molecule has 4 nitrogen and oxygen atoms in total. The Bertz CT molecular complexity index is 378. The van der Waals surface area contributed by atoms with Gasteiger partial charge in [0.15, 0.2) is 5.96 Å². The SMILES string of the molecule is CCC1CN(C(N)=Nc2ccccc2)CCO1. The predicted octanol–water partition coefficient (Wildman–Crippen LogP) is 1.74. The monoisotopic (exact) mass is 233 g/mol. The minimum Gasteiger partial charge on any atom is -0.375 e. The van der Waals surface area contributed by atoms with Crippen LogP contribution in [0.5, 0.6) is 0 Å². The number of morpholine rings is 1. The topological polar surface area (TPSA) is 50.8 Å². The second-order valence-electron chi connectivity index (χ2n) is 4.15. The van der Waals surface area contributed by atoms with Crippen molar-refractivity contribution in [3.8, 4) is 0 Å². The van der Waals surface area contributed by atoms with Crippen molar-refractivity contribution in [1.29, 1.82) is 0 Å². The highest BCUT2D eigenvalue weighted by atomic mass is 16.5. The molecule has 0 aromatic heterocycles. The van der Waals surface area contributed by atoms with E-state index < -0.39 is 0 Å². The lowest BCUT2D eigenvalue weighted by Gasteiger charge is -2.33. The van der Waals surface area contributed by atoms with Gasteiger partial charge in [-0.2, -0.15) is 0 Å². The van der Waals surface area contributed by atoms with Crippen molar-refractivity contribution in [3.05, 3.63) is 30.3 Å². The highest BCUT2D eigenvalue weighted by molar-refractivity contribution is 5.81. The zero-order chi connectivity index (χ0) is 12.1. The number of nitrogens with zero attached hydrogens (tertiary/aromatic N) is 2. The van der Waals surface area contributed by atoms with Crippen LogP contribution in [0, 0.1) is 0 Å². The third-order valence-corrected chi connectivity index (χ3v) is 2.92. The van der Waals surface area contributed by atoms with Crippen LogP contribution < -0.4 is 5.73 Å². The highest BCUT2D eigenvalue weighted by Gasteiger charge is 2.20. The van der Waals surface area contributed by atoms with Gasteiger partial charge in [-0.1, -0.05) is 25.1 Å². The van der Waals surface area contributed by atoms with Crippen molar-refractivity contribution in [3.63, 3.8) is 0 Å². The van der Waals surface area contributed by atoms with Gasteiger partial charge in [-0.25, -0.2) is 4.99 Å². The molecule has 0 radical (unpaired) electrons. The normalized spacial score (nSPS) is 21.6. The van der Waals surface area contributed by atoms with E-state index in [1.165, 1.54) is 0 Å². The highest BCUT2D eigenvalue weighted by Crippen LogP contribution is 2.12. The van der Waals surface area contributed by atoms with Gasteiger partial charge < -0.3 is 15.4 Å². The van der Waals surface area contributed by atoms with E-state index in [1.54, 1.807) is 0 Å². The number of ether oxygens (including phenoxy) is 1. The molecule has 0 spiro atoms. The van der Waals surface area contributed by atoms with E-state index >= 15 is 0 Å². The lowest BCUT2D eigenvalue weighted by Crippen LogP contribution is -2.48. The van der Waals surface area contributed by atoms with Gasteiger partial charge in [-0.15, -0.1) is 0 Å². The Morgan fingerprint density at radius 2 is 2.24 bits per heavy atom. The molecular formula is C13H19N3O. The summed E-state index contributed by atoms with van der Waals surface area (Å²) in [5.74, 6) is 0.581.